The highest BCUT2D eigenvalue weighted by Gasteiger charge is 2.39. The van der Waals surface area contributed by atoms with Crippen molar-refractivity contribution in [3.63, 3.8) is 0 Å². The number of nitrogens with two attached hydrogens (primary N) is 2. The maximum atomic E-state index is 13.4. The van der Waals surface area contributed by atoms with Crippen LogP contribution in [0.15, 0.2) is 0 Å². The van der Waals surface area contributed by atoms with E-state index in [4.69, 9.17) is 11.5 Å². The van der Waals surface area contributed by atoms with Gasteiger partial charge in [-0.15, -0.1) is 0 Å². The monoisotopic (exact) mass is 469 g/mol. The fourth-order valence-electron chi connectivity index (χ4n) is 4.08. The summed E-state index contributed by atoms with van der Waals surface area (Å²) < 4.78 is 0. The van der Waals surface area contributed by atoms with Crippen LogP contribution in [0.1, 0.15) is 72.6 Å². The maximum Gasteiger partial charge on any atom is 0.326 e. The van der Waals surface area contributed by atoms with Gasteiger partial charge in [0, 0.05) is 6.54 Å². The average molecular weight is 470 g/mol. The van der Waals surface area contributed by atoms with Crippen LogP contribution in [0.3, 0.4) is 0 Å². The van der Waals surface area contributed by atoms with Crippen LogP contribution in [0.4, 0.5) is 0 Å². The Hall–Kier alpha value is -2.20. The molecular weight excluding hydrogens is 426 g/mol. The predicted molar refractivity (Wildman–Crippen MR) is 126 cm³/mol. The van der Waals surface area contributed by atoms with Crippen molar-refractivity contribution in [3.05, 3.63) is 0 Å². The number of rotatable bonds is 14. The van der Waals surface area contributed by atoms with E-state index in [9.17, 15) is 24.3 Å². The molecule has 1 rings (SSSR count). The van der Waals surface area contributed by atoms with Gasteiger partial charge in [-0.05, 0) is 56.9 Å². The molecule has 10 nitrogen and oxygen atoms in total. The Bertz CT molecular complexity index is 670. The molecule has 4 unspecified atom stereocenters. The highest BCUT2D eigenvalue weighted by molar-refractivity contribution is 5.94. The second-order valence-corrected chi connectivity index (χ2v) is 9.80. The van der Waals surface area contributed by atoms with Crippen molar-refractivity contribution in [1.29, 1.82) is 0 Å². The second-order valence-electron chi connectivity index (χ2n) is 9.80. The van der Waals surface area contributed by atoms with E-state index < -0.39 is 42.0 Å². The molecule has 7 N–H and O–H groups in total. The third-order valence-corrected chi connectivity index (χ3v) is 5.79. The molecule has 0 aromatic heterocycles. The summed E-state index contributed by atoms with van der Waals surface area (Å²) in [5.41, 5.74) is 11.5. The molecule has 0 saturated carbocycles. The van der Waals surface area contributed by atoms with Crippen LogP contribution >= 0.6 is 0 Å². The van der Waals surface area contributed by atoms with E-state index in [1.165, 1.54) is 4.90 Å². The zero-order valence-corrected chi connectivity index (χ0v) is 20.5. The molecule has 0 aromatic carbocycles. The zero-order valence-electron chi connectivity index (χ0n) is 20.5. The van der Waals surface area contributed by atoms with E-state index in [0.29, 0.717) is 45.2 Å². The molecule has 0 aromatic rings. The molecule has 0 aliphatic carbocycles. The fourth-order valence-corrected chi connectivity index (χ4v) is 4.08. The van der Waals surface area contributed by atoms with Crippen LogP contribution in [0.2, 0.25) is 0 Å². The molecule has 1 fully saturated rings. The van der Waals surface area contributed by atoms with Crippen molar-refractivity contribution in [2.75, 3.05) is 13.1 Å². The normalized spacial score (nSPS) is 18.8. The van der Waals surface area contributed by atoms with Gasteiger partial charge in [0.25, 0.3) is 0 Å². The van der Waals surface area contributed by atoms with Crippen molar-refractivity contribution < 1.29 is 24.3 Å². The molecule has 0 radical (unpaired) electrons. The Morgan fingerprint density at radius 2 is 1.61 bits per heavy atom. The first kappa shape index (κ1) is 28.8. The highest BCUT2D eigenvalue weighted by Crippen LogP contribution is 2.21. The second kappa shape index (κ2) is 14.1. The van der Waals surface area contributed by atoms with E-state index in [-0.39, 0.29) is 17.7 Å². The molecule has 0 spiro atoms. The molecule has 10 heteroatoms. The molecule has 1 aliphatic rings. The van der Waals surface area contributed by atoms with Gasteiger partial charge in [-0.3, -0.25) is 14.4 Å². The third kappa shape index (κ3) is 9.67. The molecule has 1 heterocycles. The van der Waals surface area contributed by atoms with Gasteiger partial charge >= 0.3 is 5.97 Å². The lowest BCUT2D eigenvalue weighted by atomic mass is 10.0. The Balaban J connectivity index is 2.89. The summed E-state index contributed by atoms with van der Waals surface area (Å²) in [6.45, 7) is 8.57. The number of hydrogen-bond donors (Lipinski definition) is 5. The molecule has 0 bridgehead atoms. The Kier molecular flexibility index (Phi) is 12.4. The first-order valence-electron chi connectivity index (χ1n) is 12.1. The van der Waals surface area contributed by atoms with Crippen LogP contribution in [-0.4, -0.2) is 71.0 Å². The Morgan fingerprint density at radius 1 is 1.00 bits per heavy atom. The summed E-state index contributed by atoms with van der Waals surface area (Å²) in [7, 11) is 0. The number of nitrogens with one attached hydrogen (secondary N) is 2. The summed E-state index contributed by atoms with van der Waals surface area (Å²) in [5.74, 6) is -2.07. The summed E-state index contributed by atoms with van der Waals surface area (Å²) in [5, 5.41) is 14.8. The lowest BCUT2D eigenvalue weighted by Crippen LogP contribution is -2.57. The summed E-state index contributed by atoms with van der Waals surface area (Å²) in [6, 6.07) is -3.29. The maximum absolute atomic E-state index is 13.4. The number of carboxylic acid groups (broad SMARTS) is 1. The lowest BCUT2D eigenvalue weighted by molar-refractivity contribution is -0.145. The average Bonchev–Trinajstić information content (AvgIpc) is 3.21. The van der Waals surface area contributed by atoms with Crippen molar-refractivity contribution >= 4 is 23.7 Å². The van der Waals surface area contributed by atoms with Crippen molar-refractivity contribution in [1.82, 2.24) is 15.5 Å². The standard InChI is InChI=1S/C23H43N5O5/c1-14(2)12-17(26-20(29)16(25)8-5-6-10-24)22(31)28-11-7-9-19(28)21(30)27-18(23(32)33)13-15(3)4/h14-19H,5-13,24-25H2,1-4H3,(H,26,29)(H,27,30)(H,32,33). The van der Waals surface area contributed by atoms with E-state index in [0.717, 1.165) is 12.8 Å². The molecule has 1 saturated heterocycles. The van der Waals surface area contributed by atoms with Crippen molar-refractivity contribution in [2.45, 2.75) is 96.8 Å². The van der Waals surface area contributed by atoms with E-state index >= 15 is 0 Å². The number of carboxylic acids is 1. The number of amides is 3. The first-order valence-corrected chi connectivity index (χ1v) is 12.1. The number of carbonyl (C=O) groups is 4. The number of unbranched alkanes of at least 4 members (excludes halogenated alkanes) is 1. The Labute approximate surface area is 197 Å². The Morgan fingerprint density at radius 3 is 2.15 bits per heavy atom. The smallest absolute Gasteiger partial charge is 0.326 e. The quantitative estimate of drug-likeness (QED) is 0.232. The molecule has 4 atom stereocenters. The lowest BCUT2D eigenvalue weighted by Gasteiger charge is -2.30. The van der Waals surface area contributed by atoms with Gasteiger partial charge in [-0.1, -0.05) is 34.1 Å². The van der Waals surface area contributed by atoms with Gasteiger partial charge < -0.3 is 32.1 Å². The van der Waals surface area contributed by atoms with Gasteiger partial charge in [0.1, 0.15) is 18.1 Å². The minimum Gasteiger partial charge on any atom is -0.480 e. The zero-order chi connectivity index (χ0) is 25.1. The van der Waals surface area contributed by atoms with E-state index in [1.807, 2.05) is 27.7 Å². The fraction of sp³-hybridized carbons (Fsp3) is 0.826. The number of carbonyl (C=O) groups excluding carboxylic acids is 3. The summed E-state index contributed by atoms with van der Waals surface area (Å²) in [4.78, 5) is 51.9. The third-order valence-electron chi connectivity index (χ3n) is 5.79. The van der Waals surface area contributed by atoms with E-state index in [2.05, 4.69) is 10.6 Å². The predicted octanol–water partition coefficient (Wildman–Crippen LogP) is 0.580. The topological polar surface area (TPSA) is 168 Å². The highest BCUT2D eigenvalue weighted by atomic mass is 16.4. The molecule has 1 aliphatic heterocycles. The van der Waals surface area contributed by atoms with E-state index in [1.54, 1.807) is 0 Å². The van der Waals surface area contributed by atoms with Gasteiger partial charge in [-0.2, -0.15) is 0 Å². The molecule has 190 valence electrons. The van der Waals surface area contributed by atoms with Crippen LogP contribution in [0, 0.1) is 11.8 Å². The van der Waals surface area contributed by atoms with Crippen LogP contribution in [0.5, 0.6) is 0 Å². The number of hydrogen-bond acceptors (Lipinski definition) is 6. The number of nitrogens with zero attached hydrogens (tertiary/aromatic N) is 1. The van der Waals surface area contributed by atoms with Gasteiger partial charge in [0.2, 0.25) is 17.7 Å². The first-order chi connectivity index (χ1) is 15.5. The van der Waals surface area contributed by atoms with Gasteiger partial charge in [0.05, 0.1) is 6.04 Å². The molecule has 3 amide bonds. The summed E-state index contributed by atoms with van der Waals surface area (Å²) >= 11 is 0. The minimum absolute atomic E-state index is 0.0902. The molecule has 33 heavy (non-hydrogen) atoms. The van der Waals surface area contributed by atoms with Crippen LogP contribution in [0.25, 0.3) is 0 Å². The largest absolute Gasteiger partial charge is 0.480 e. The van der Waals surface area contributed by atoms with Crippen molar-refractivity contribution in [2.24, 2.45) is 23.3 Å². The van der Waals surface area contributed by atoms with Crippen LogP contribution in [-0.2, 0) is 19.2 Å². The minimum atomic E-state index is -1.10. The van der Waals surface area contributed by atoms with Crippen molar-refractivity contribution in [3.8, 4) is 0 Å². The summed E-state index contributed by atoms with van der Waals surface area (Å²) in [6.07, 6.45) is 3.77. The number of aliphatic carboxylic acids is 1. The number of likely N-dealkylation sites (tertiary alicyclic amines) is 1. The van der Waals surface area contributed by atoms with Crippen LogP contribution < -0.4 is 22.1 Å². The molecular formula is C23H43N5O5. The van der Waals surface area contributed by atoms with Gasteiger partial charge in [0.15, 0.2) is 0 Å². The van der Waals surface area contributed by atoms with Gasteiger partial charge in [-0.25, -0.2) is 4.79 Å². The SMILES string of the molecule is CC(C)CC(NC(=O)C1CCCN1C(=O)C(CC(C)C)NC(=O)C(N)CCCCN)C(=O)O.